The van der Waals surface area contributed by atoms with Crippen LogP contribution in [0.4, 0.5) is 0 Å². The Labute approximate surface area is 111 Å². The second-order valence-corrected chi connectivity index (χ2v) is 4.16. The normalized spacial score (nSPS) is 10.1. The van der Waals surface area contributed by atoms with E-state index in [0.29, 0.717) is 0 Å². The Bertz CT molecular complexity index is 737. The van der Waals surface area contributed by atoms with E-state index in [4.69, 9.17) is 6.42 Å². The molecule has 3 heteroatoms. The quantitative estimate of drug-likeness (QED) is 0.705. The van der Waals surface area contributed by atoms with Crippen molar-refractivity contribution >= 4 is 0 Å². The number of rotatable bonds is 2. The van der Waals surface area contributed by atoms with Crippen molar-refractivity contribution in [1.29, 1.82) is 0 Å². The average Bonchev–Trinajstić information content (AvgIpc) is 3.02. The highest BCUT2D eigenvalue weighted by atomic mass is 15.3. The summed E-state index contributed by atoms with van der Waals surface area (Å²) in [6, 6.07) is 16.1. The van der Waals surface area contributed by atoms with E-state index in [2.05, 4.69) is 33.5 Å². The lowest BCUT2D eigenvalue weighted by molar-refractivity contribution is 0.942. The molecule has 0 fully saturated rings. The number of nitrogens with zero attached hydrogens (tertiary/aromatic N) is 2. The first-order valence-electron chi connectivity index (χ1n) is 5.90. The molecule has 1 aromatic heterocycles. The van der Waals surface area contributed by atoms with E-state index in [1.165, 1.54) is 0 Å². The third-order valence-electron chi connectivity index (χ3n) is 2.94. The number of aromatic nitrogens is 3. The lowest BCUT2D eigenvalue weighted by atomic mass is 10.0. The second kappa shape index (κ2) is 4.79. The highest BCUT2D eigenvalue weighted by Crippen LogP contribution is 2.25. The first kappa shape index (κ1) is 11.2. The Morgan fingerprint density at radius 3 is 2.42 bits per heavy atom. The van der Waals surface area contributed by atoms with Gasteiger partial charge in [-0.05, 0) is 29.3 Å². The van der Waals surface area contributed by atoms with Crippen molar-refractivity contribution in [3.63, 3.8) is 0 Å². The highest BCUT2D eigenvalue weighted by Gasteiger charge is 2.03. The third-order valence-corrected chi connectivity index (χ3v) is 2.94. The number of hydrogen-bond acceptors (Lipinski definition) is 2. The van der Waals surface area contributed by atoms with Crippen LogP contribution in [0, 0.1) is 12.3 Å². The van der Waals surface area contributed by atoms with Crippen LogP contribution in [0.5, 0.6) is 0 Å². The molecule has 3 aromatic rings. The van der Waals surface area contributed by atoms with Gasteiger partial charge >= 0.3 is 0 Å². The monoisotopic (exact) mass is 245 g/mol. The number of aromatic amines is 1. The van der Waals surface area contributed by atoms with E-state index >= 15 is 0 Å². The summed E-state index contributed by atoms with van der Waals surface area (Å²) in [5.74, 6) is 2.65. The zero-order valence-electron chi connectivity index (χ0n) is 10.2. The van der Waals surface area contributed by atoms with E-state index in [1.807, 2.05) is 36.4 Å². The molecule has 0 radical (unpaired) electrons. The number of hydrogen-bond donors (Lipinski definition) is 1. The molecule has 3 rings (SSSR count). The van der Waals surface area contributed by atoms with E-state index in [0.717, 1.165) is 27.9 Å². The zero-order valence-corrected chi connectivity index (χ0v) is 10.2. The SMILES string of the molecule is C#Cc1cccc(-c2cccc(-c3cn[nH]n3)c2)c1. The summed E-state index contributed by atoms with van der Waals surface area (Å²) >= 11 is 0. The fourth-order valence-electron chi connectivity index (χ4n) is 1.99. The van der Waals surface area contributed by atoms with Crippen molar-refractivity contribution in [2.24, 2.45) is 0 Å². The molecule has 19 heavy (non-hydrogen) atoms. The molecule has 0 aliphatic heterocycles. The van der Waals surface area contributed by atoms with Crippen molar-refractivity contribution in [3.05, 3.63) is 60.3 Å². The molecule has 2 aromatic carbocycles. The van der Waals surface area contributed by atoms with Gasteiger partial charge in [-0.25, -0.2) is 0 Å². The number of nitrogens with one attached hydrogen (secondary N) is 1. The maximum atomic E-state index is 5.43. The summed E-state index contributed by atoms with van der Waals surface area (Å²) in [7, 11) is 0. The molecule has 0 aliphatic rings. The van der Waals surface area contributed by atoms with Gasteiger partial charge in [0.1, 0.15) is 5.69 Å². The van der Waals surface area contributed by atoms with E-state index in [-0.39, 0.29) is 0 Å². The Morgan fingerprint density at radius 2 is 1.68 bits per heavy atom. The van der Waals surface area contributed by atoms with Crippen molar-refractivity contribution in [2.45, 2.75) is 0 Å². The minimum Gasteiger partial charge on any atom is -0.197 e. The van der Waals surface area contributed by atoms with Crippen LogP contribution >= 0.6 is 0 Å². The van der Waals surface area contributed by atoms with Gasteiger partial charge in [-0.15, -0.1) is 6.42 Å². The van der Waals surface area contributed by atoms with Crippen LogP contribution in [0.25, 0.3) is 22.4 Å². The number of benzene rings is 2. The van der Waals surface area contributed by atoms with Gasteiger partial charge in [-0.1, -0.05) is 36.3 Å². The summed E-state index contributed by atoms with van der Waals surface area (Å²) in [5.41, 5.74) is 4.94. The molecule has 0 unspecified atom stereocenters. The fraction of sp³-hybridized carbons (Fsp3) is 0. The Balaban J connectivity index is 2.06. The Morgan fingerprint density at radius 1 is 0.947 bits per heavy atom. The van der Waals surface area contributed by atoms with Crippen LogP contribution in [0.1, 0.15) is 5.56 Å². The third kappa shape index (κ3) is 2.24. The van der Waals surface area contributed by atoms with Gasteiger partial charge in [-0.3, -0.25) is 0 Å². The lowest BCUT2D eigenvalue weighted by Crippen LogP contribution is -1.83. The summed E-state index contributed by atoms with van der Waals surface area (Å²) in [4.78, 5) is 0. The van der Waals surface area contributed by atoms with Crippen LogP contribution in [-0.4, -0.2) is 15.4 Å². The molecular weight excluding hydrogens is 234 g/mol. The van der Waals surface area contributed by atoms with Gasteiger partial charge in [0.25, 0.3) is 0 Å². The largest absolute Gasteiger partial charge is 0.197 e. The fourth-order valence-corrected chi connectivity index (χ4v) is 1.99. The van der Waals surface area contributed by atoms with Gasteiger partial charge in [0, 0.05) is 11.1 Å². The first-order chi connectivity index (χ1) is 9.36. The Hall–Kier alpha value is -2.86. The van der Waals surface area contributed by atoms with Gasteiger partial charge < -0.3 is 0 Å². The van der Waals surface area contributed by atoms with Crippen LogP contribution in [0.15, 0.2) is 54.7 Å². The molecule has 0 aliphatic carbocycles. The molecule has 0 bridgehead atoms. The minimum absolute atomic E-state index is 0.829. The smallest absolute Gasteiger partial charge is 0.112 e. The molecule has 1 N–H and O–H groups in total. The predicted octanol–water partition coefficient (Wildman–Crippen LogP) is 3.12. The molecule has 0 atom stereocenters. The molecular formula is C16H11N3. The summed E-state index contributed by atoms with van der Waals surface area (Å²) < 4.78 is 0. The van der Waals surface area contributed by atoms with Crippen LogP contribution in [0.2, 0.25) is 0 Å². The lowest BCUT2D eigenvalue weighted by Gasteiger charge is -2.04. The minimum atomic E-state index is 0.829. The van der Waals surface area contributed by atoms with E-state index in [1.54, 1.807) is 6.20 Å². The molecule has 0 spiro atoms. The molecule has 0 amide bonds. The van der Waals surface area contributed by atoms with Gasteiger partial charge in [0.05, 0.1) is 6.20 Å². The molecule has 0 saturated carbocycles. The Kier molecular flexibility index (Phi) is 2.83. The topological polar surface area (TPSA) is 41.6 Å². The van der Waals surface area contributed by atoms with Crippen molar-refractivity contribution in [2.75, 3.05) is 0 Å². The standard InChI is InChI=1S/C16H11N3/c1-2-12-5-3-6-13(9-12)14-7-4-8-15(10-14)16-11-17-19-18-16/h1,3-11H,(H,17,18,19). The van der Waals surface area contributed by atoms with Crippen LogP contribution < -0.4 is 0 Å². The molecule has 1 heterocycles. The maximum Gasteiger partial charge on any atom is 0.112 e. The van der Waals surface area contributed by atoms with Gasteiger partial charge in [0.2, 0.25) is 0 Å². The average molecular weight is 245 g/mol. The predicted molar refractivity (Wildman–Crippen MR) is 75.2 cm³/mol. The summed E-state index contributed by atoms with van der Waals surface area (Å²) in [5, 5.41) is 10.5. The summed E-state index contributed by atoms with van der Waals surface area (Å²) in [6.45, 7) is 0. The number of terminal acetylenes is 1. The molecule has 3 nitrogen and oxygen atoms in total. The van der Waals surface area contributed by atoms with Crippen LogP contribution in [0.3, 0.4) is 0 Å². The van der Waals surface area contributed by atoms with Gasteiger partial charge in [0.15, 0.2) is 0 Å². The van der Waals surface area contributed by atoms with Crippen LogP contribution in [-0.2, 0) is 0 Å². The van der Waals surface area contributed by atoms with E-state index < -0.39 is 0 Å². The van der Waals surface area contributed by atoms with Crippen molar-refractivity contribution in [1.82, 2.24) is 15.4 Å². The molecule has 0 saturated heterocycles. The highest BCUT2D eigenvalue weighted by molar-refractivity contribution is 5.71. The maximum absolute atomic E-state index is 5.43. The molecule has 90 valence electrons. The van der Waals surface area contributed by atoms with Crippen molar-refractivity contribution in [3.8, 4) is 34.7 Å². The summed E-state index contributed by atoms with van der Waals surface area (Å²) in [6.07, 6.45) is 7.14. The van der Waals surface area contributed by atoms with Crippen molar-refractivity contribution < 1.29 is 0 Å². The zero-order chi connectivity index (χ0) is 13.1. The van der Waals surface area contributed by atoms with Gasteiger partial charge in [-0.2, -0.15) is 15.4 Å². The number of H-pyrrole nitrogens is 1. The second-order valence-electron chi connectivity index (χ2n) is 4.16. The van der Waals surface area contributed by atoms with E-state index in [9.17, 15) is 0 Å². The first-order valence-corrected chi connectivity index (χ1v) is 5.90.